The maximum atomic E-state index is 11.3. The smallest absolute Gasteiger partial charge is 0.348 e. The first-order chi connectivity index (χ1) is 8.53. The van der Waals surface area contributed by atoms with Crippen molar-refractivity contribution in [3.05, 3.63) is 23.3 Å². The van der Waals surface area contributed by atoms with Crippen LogP contribution >= 0.6 is 0 Å². The van der Waals surface area contributed by atoms with Gasteiger partial charge in [-0.05, 0) is 12.1 Å². The van der Waals surface area contributed by atoms with Gasteiger partial charge in [0.15, 0.2) is 0 Å². The van der Waals surface area contributed by atoms with E-state index in [0.29, 0.717) is 6.07 Å². The van der Waals surface area contributed by atoms with E-state index < -0.39 is 53.1 Å². The van der Waals surface area contributed by atoms with Crippen molar-refractivity contribution in [3.8, 4) is 0 Å². The molecule has 0 atom stereocenters. The van der Waals surface area contributed by atoms with Crippen LogP contribution in [0.15, 0.2) is 21.9 Å². The molecular weight excluding hydrogens is 304 g/mol. The molecule has 102 valence electrons. The van der Waals surface area contributed by atoms with Crippen molar-refractivity contribution in [1.29, 1.82) is 0 Å². The molecule has 2 rings (SSSR count). The van der Waals surface area contributed by atoms with E-state index in [1.54, 1.807) is 0 Å². The van der Waals surface area contributed by atoms with Crippen molar-refractivity contribution in [2.45, 2.75) is 9.79 Å². The molecule has 1 aromatic rings. The van der Waals surface area contributed by atoms with Gasteiger partial charge in [0.25, 0.3) is 20.2 Å². The van der Waals surface area contributed by atoms with Gasteiger partial charge in [-0.25, -0.2) is 9.59 Å². The molecule has 1 aromatic carbocycles. The van der Waals surface area contributed by atoms with E-state index in [0.717, 1.165) is 6.07 Å². The highest BCUT2D eigenvalue weighted by atomic mass is 32.2. The lowest BCUT2D eigenvalue weighted by atomic mass is 10.1. The summed E-state index contributed by atoms with van der Waals surface area (Å²) in [7, 11) is -10.2. The normalized spacial score (nSPS) is 15.3. The van der Waals surface area contributed by atoms with E-state index in [4.69, 9.17) is 9.11 Å². The zero-order valence-corrected chi connectivity index (χ0v) is 10.4. The fourth-order valence-electron chi connectivity index (χ4n) is 1.59. The predicted molar refractivity (Wildman–Crippen MR) is 55.8 cm³/mol. The Morgan fingerprint density at radius 3 is 1.95 bits per heavy atom. The summed E-state index contributed by atoms with van der Waals surface area (Å²) in [5.74, 6) is -2.62. The quantitative estimate of drug-likeness (QED) is 0.418. The summed E-state index contributed by atoms with van der Waals surface area (Å²) in [4.78, 5) is 19.9. The van der Waals surface area contributed by atoms with E-state index in [-0.39, 0.29) is 0 Å². The van der Waals surface area contributed by atoms with Crippen molar-refractivity contribution >= 4 is 32.2 Å². The van der Waals surface area contributed by atoms with Gasteiger partial charge in [0, 0.05) is 0 Å². The first-order valence-corrected chi connectivity index (χ1v) is 7.30. The number of carbonyl (C=O) groups is 2. The van der Waals surface area contributed by atoms with E-state index in [1.165, 1.54) is 0 Å². The van der Waals surface area contributed by atoms with Crippen molar-refractivity contribution in [3.63, 3.8) is 0 Å². The third kappa shape index (κ3) is 2.12. The van der Waals surface area contributed by atoms with Gasteiger partial charge in [0.1, 0.15) is 9.79 Å². The second-order valence-corrected chi connectivity index (χ2v) is 6.19. The molecule has 0 fully saturated rings. The molecule has 0 saturated carbocycles. The number of cyclic esters (lactones) is 2. The van der Waals surface area contributed by atoms with Gasteiger partial charge in [-0.2, -0.15) is 16.8 Å². The van der Waals surface area contributed by atoms with Crippen LogP contribution < -0.4 is 0 Å². The lowest BCUT2D eigenvalue weighted by molar-refractivity contribution is 0.0442. The van der Waals surface area contributed by atoms with Gasteiger partial charge in [-0.15, -0.1) is 0 Å². The fourth-order valence-corrected chi connectivity index (χ4v) is 3.57. The van der Waals surface area contributed by atoms with Crippen LogP contribution in [0, 0.1) is 0 Å². The first-order valence-electron chi connectivity index (χ1n) is 4.42. The Labute approximate surface area is 106 Å². The fraction of sp³-hybridized carbons (Fsp3) is 0. The highest BCUT2D eigenvalue weighted by Gasteiger charge is 2.40. The van der Waals surface area contributed by atoms with Gasteiger partial charge in [0.2, 0.25) is 0 Å². The number of benzene rings is 1. The van der Waals surface area contributed by atoms with Gasteiger partial charge in [0.05, 0.1) is 11.1 Å². The van der Waals surface area contributed by atoms with Crippen molar-refractivity contribution < 1.29 is 40.3 Å². The van der Waals surface area contributed by atoms with Crippen LogP contribution in [-0.4, -0.2) is 37.9 Å². The average molecular weight is 308 g/mol. The topological polar surface area (TPSA) is 152 Å². The summed E-state index contributed by atoms with van der Waals surface area (Å²) in [5, 5.41) is 0. The lowest BCUT2D eigenvalue weighted by Crippen LogP contribution is -2.13. The summed E-state index contributed by atoms with van der Waals surface area (Å²) in [6.07, 6.45) is 0. The molecule has 9 nitrogen and oxygen atoms in total. The molecule has 0 saturated heterocycles. The molecule has 2 N–H and O–H groups in total. The number of fused-ring (bicyclic) bond motifs is 1. The van der Waals surface area contributed by atoms with Crippen LogP contribution in [0.4, 0.5) is 0 Å². The molecule has 0 unspecified atom stereocenters. The molecule has 0 spiro atoms. The molecule has 1 aliphatic rings. The van der Waals surface area contributed by atoms with E-state index in [9.17, 15) is 26.4 Å². The zero-order valence-electron chi connectivity index (χ0n) is 8.72. The van der Waals surface area contributed by atoms with E-state index in [2.05, 4.69) is 4.74 Å². The van der Waals surface area contributed by atoms with Crippen molar-refractivity contribution in [2.75, 3.05) is 0 Å². The molecule has 11 heteroatoms. The third-order valence-corrected chi connectivity index (χ3v) is 4.23. The minimum absolute atomic E-state index is 0.523. The number of esters is 2. The lowest BCUT2D eigenvalue weighted by Gasteiger charge is -2.06. The Bertz CT molecular complexity index is 816. The van der Waals surface area contributed by atoms with Crippen molar-refractivity contribution in [2.24, 2.45) is 0 Å². The Morgan fingerprint density at radius 1 is 0.895 bits per heavy atom. The monoisotopic (exact) mass is 308 g/mol. The molecule has 0 aromatic heterocycles. The summed E-state index contributed by atoms with van der Waals surface area (Å²) < 4.78 is 66.4. The number of hydrogen-bond donors (Lipinski definition) is 2. The van der Waals surface area contributed by atoms with Gasteiger partial charge in [-0.3, -0.25) is 9.11 Å². The highest BCUT2D eigenvalue weighted by Crippen LogP contribution is 2.32. The Morgan fingerprint density at radius 2 is 1.47 bits per heavy atom. The van der Waals surface area contributed by atoms with Crippen LogP contribution in [0.1, 0.15) is 20.7 Å². The van der Waals surface area contributed by atoms with Crippen LogP contribution in [0.25, 0.3) is 0 Å². The van der Waals surface area contributed by atoms with Gasteiger partial charge in [-0.1, -0.05) is 0 Å². The van der Waals surface area contributed by atoms with Crippen molar-refractivity contribution in [1.82, 2.24) is 0 Å². The molecule has 0 amide bonds. The maximum Gasteiger partial charge on any atom is 0.348 e. The molecule has 19 heavy (non-hydrogen) atoms. The molecule has 0 aliphatic carbocycles. The average Bonchev–Trinajstić information content (AvgIpc) is 2.51. The Hall–Kier alpha value is -1.82. The Balaban J connectivity index is 3.03. The molecular formula is C8H4O9S2. The second-order valence-electron chi connectivity index (χ2n) is 3.44. The van der Waals surface area contributed by atoms with Crippen LogP contribution in [0.5, 0.6) is 0 Å². The number of carbonyl (C=O) groups excluding carboxylic acids is 2. The zero-order chi connectivity index (χ0) is 14.6. The Kier molecular flexibility index (Phi) is 2.75. The minimum Gasteiger partial charge on any atom is -0.386 e. The second kappa shape index (κ2) is 3.84. The van der Waals surface area contributed by atoms with E-state index in [1.807, 2.05) is 0 Å². The largest absolute Gasteiger partial charge is 0.386 e. The number of ether oxygens (including phenoxy) is 1. The molecule has 0 radical (unpaired) electrons. The summed E-state index contributed by atoms with van der Waals surface area (Å²) >= 11 is 0. The molecule has 1 aliphatic heterocycles. The third-order valence-electron chi connectivity index (χ3n) is 2.27. The van der Waals surface area contributed by atoms with Crippen LogP contribution in [-0.2, 0) is 25.0 Å². The van der Waals surface area contributed by atoms with Crippen LogP contribution in [0.3, 0.4) is 0 Å². The maximum absolute atomic E-state index is 11.3. The predicted octanol–water partition coefficient (Wildman–Crippen LogP) is -0.509. The summed E-state index contributed by atoms with van der Waals surface area (Å²) in [6.45, 7) is 0. The summed E-state index contributed by atoms with van der Waals surface area (Å²) in [6, 6.07) is 1.36. The van der Waals surface area contributed by atoms with Gasteiger partial charge < -0.3 is 4.74 Å². The number of hydrogen-bond acceptors (Lipinski definition) is 7. The first kappa shape index (κ1) is 13.6. The highest BCUT2D eigenvalue weighted by molar-refractivity contribution is 7.89. The standard InChI is InChI=1S/C8H4O9S2/c9-7-3-1-2-4(18(11,12)13)6(19(14,15)16)5(3)8(10)17-7/h1-2H,(H,11,12,13)(H,14,15,16). The molecule has 1 heterocycles. The van der Waals surface area contributed by atoms with Crippen LogP contribution in [0.2, 0.25) is 0 Å². The van der Waals surface area contributed by atoms with Gasteiger partial charge >= 0.3 is 11.9 Å². The summed E-state index contributed by atoms with van der Waals surface area (Å²) in [5.41, 5.74) is -1.45. The minimum atomic E-state index is -5.19. The van der Waals surface area contributed by atoms with E-state index >= 15 is 0 Å². The number of rotatable bonds is 2. The molecule has 0 bridgehead atoms. The SMILES string of the molecule is O=C1OC(=O)c2c1ccc(S(=O)(=O)O)c2S(=O)(=O)O.